The molecule has 1 spiro atoms. The Hall–Kier alpha value is -3.89. The molecule has 0 unspecified atom stereocenters. The van der Waals surface area contributed by atoms with E-state index in [2.05, 4.69) is 61.4 Å². The van der Waals surface area contributed by atoms with E-state index >= 15 is 0 Å². The van der Waals surface area contributed by atoms with Crippen molar-refractivity contribution in [3.8, 4) is 34.4 Å². The van der Waals surface area contributed by atoms with Crippen LogP contribution in [-0.4, -0.2) is 45.5 Å². The number of rotatable bonds is 2. The van der Waals surface area contributed by atoms with Crippen LogP contribution >= 0.6 is 0 Å². The average Bonchev–Trinajstić information content (AvgIpc) is 3.57. The van der Waals surface area contributed by atoms with Gasteiger partial charge in [-0.2, -0.15) is 10.4 Å². The summed E-state index contributed by atoms with van der Waals surface area (Å²) in [4.78, 5) is 7.09. The van der Waals surface area contributed by atoms with E-state index in [0.29, 0.717) is 11.0 Å². The first-order valence-corrected chi connectivity index (χ1v) is 11.4. The van der Waals surface area contributed by atoms with Gasteiger partial charge in [0.2, 0.25) is 0 Å². The number of aromatic nitrogens is 4. The number of anilines is 1. The molecule has 0 saturated carbocycles. The highest BCUT2D eigenvalue weighted by Crippen LogP contribution is 2.41. The first-order valence-electron chi connectivity index (χ1n) is 11.4. The van der Waals surface area contributed by atoms with Gasteiger partial charge in [-0.15, -0.1) is 0 Å². The minimum atomic E-state index is 0.468. The van der Waals surface area contributed by atoms with Crippen LogP contribution in [0.3, 0.4) is 0 Å². The summed E-state index contributed by atoms with van der Waals surface area (Å²) in [6.07, 6.45) is 5.09. The molecule has 3 aliphatic heterocycles. The van der Waals surface area contributed by atoms with Gasteiger partial charge in [-0.25, -0.2) is 9.67 Å². The fraction of sp³-hybridized carbons (Fsp3) is 0.269. The van der Waals surface area contributed by atoms with E-state index in [0.717, 1.165) is 61.1 Å². The summed E-state index contributed by atoms with van der Waals surface area (Å²) in [7, 11) is 0. The zero-order valence-corrected chi connectivity index (χ0v) is 18.2. The Morgan fingerprint density at radius 1 is 1.03 bits per heavy atom. The third kappa shape index (κ3) is 2.84. The Morgan fingerprint density at radius 3 is 2.70 bits per heavy atom. The van der Waals surface area contributed by atoms with E-state index in [4.69, 9.17) is 5.26 Å². The fourth-order valence-electron chi connectivity index (χ4n) is 5.61. The molecule has 5 heterocycles. The fourth-order valence-corrected chi connectivity index (χ4v) is 5.61. The lowest BCUT2D eigenvalue weighted by molar-refractivity contribution is 0.243. The summed E-state index contributed by atoms with van der Waals surface area (Å²) in [5.41, 5.74) is 8.00. The Kier molecular flexibility index (Phi) is 3.85. The number of benzene rings is 2. The van der Waals surface area contributed by atoms with Gasteiger partial charge in [0.25, 0.3) is 0 Å². The Bertz CT molecular complexity index is 1410. The molecule has 0 aliphatic carbocycles. The molecule has 162 valence electrons. The second kappa shape index (κ2) is 6.80. The number of nitrogens with one attached hydrogen (secondary N) is 1. The molecule has 2 saturated heterocycles. The second-order valence-electron chi connectivity index (χ2n) is 9.52. The van der Waals surface area contributed by atoms with Crippen molar-refractivity contribution in [3.63, 3.8) is 0 Å². The van der Waals surface area contributed by atoms with E-state index in [1.54, 1.807) is 6.33 Å². The topological polar surface area (TPSA) is 74.7 Å². The van der Waals surface area contributed by atoms with Crippen molar-refractivity contribution in [2.45, 2.75) is 13.0 Å². The molecule has 0 radical (unpaired) electrons. The number of nitriles is 1. The van der Waals surface area contributed by atoms with E-state index in [-0.39, 0.29) is 0 Å². The molecule has 7 nitrogen and oxygen atoms in total. The van der Waals surface area contributed by atoms with Gasteiger partial charge in [0.15, 0.2) is 5.82 Å². The summed E-state index contributed by atoms with van der Waals surface area (Å²) < 4.78 is 4.22. The predicted molar refractivity (Wildman–Crippen MR) is 126 cm³/mol. The maximum absolute atomic E-state index is 9.11. The van der Waals surface area contributed by atoms with Crippen LogP contribution in [0.25, 0.3) is 28.3 Å². The molecule has 33 heavy (non-hydrogen) atoms. The SMILES string of the molecule is N#Cc1ccc(-c2cc3n(c2)Cc2cc(N4CC5(CCNC5)C4)ccc2-n2ncnc2-3)cc1. The molecule has 4 aromatic rings. The number of nitrogens with zero attached hydrogens (tertiary/aromatic N) is 6. The van der Waals surface area contributed by atoms with Crippen LogP contribution < -0.4 is 10.2 Å². The highest BCUT2D eigenvalue weighted by atomic mass is 15.4. The Balaban J connectivity index is 1.27. The van der Waals surface area contributed by atoms with E-state index < -0.39 is 0 Å². The van der Waals surface area contributed by atoms with Crippen molar-refractivity contribution in [1.29, 1.82) is 5.26 Å². The number of fused-ring (bicyclic) bond motifs is 5. The zero-order chi connectivity index (χ0) is 22.0. The standard InChI is InChI=1S/C26H23N7/c27-11-18-1-3-19(4-2-18)20-10-24-25-29-17-30-33(25)23-6-5-22(9-21(23)13-31(24)12-20)32-15-26(16-32)7-8-28-14-26/h1-6,9-10,12,17,28H,7-8,13-16H2. The molecule has 7 heteroatoms. The van der Waals surface area contributed by atoms with Crippen molar-refractivity contribution < 1.29 is 0 Å². The summed E-state index contributed by atoms with van der Waals surface area (Å²) in [6, 6.07) is 18.8. The highest BCUT2D eigenvalue weighted by Gasteiger charge is 2.45. The summed E-state index contributed by atoms with van der Waals surface area (Å²) in [6.45, 7) is 5.31. The highest BCUT2D eigenvalue weighted by molar-refractivity contribution is 5.72. The molecule has 7 rings (SSSR count). The van der Waals surface area contributed by atoms with Crippen LogP contribution in [0.15, 0.2) is 61.1 Å². The van der Waals surface area contributed by atoms with Gasteiger partial charge in [-0.1, -0.05) is 12.1 Å². The predicted octanol–water partition coefficient (Wildman–Crippen LogP) is 3.44. The summed E-state index contributed by atoms with van der Waals surface area (Å²) in [5.74, 6) is 0.848. The Labute approximate surface area is 191 Å². The maximum atomic E-state index is 9.11. The third-order valence-corrected chi connectivity index (χ3v) is 7.40. The lowest BCUT2D eigenvalue weighted by Crippen LogP contribution is -2.57. The van der Waals surface area contributed by atoms with Gasteiger partial charge < -0.3 is 14.8 Å². The third-order valence-electron chi connectivity index (χ3n) is 7.40. The summed E-state index contributed by atoms with van der Waals surface area (Å²) in [5, 5.41) is 17.2. The van der Waals surface area contributed by atoms with Gasteiger partial charge >= 0.3 is 0 Å². The van der Waals surface area contributed by atoms with Crippen LogP contribution in [0.4, 0.5) is 5.69 Å². The lowest BCUT2D eigenvalue weighted by Gasteiger charge is -2.49. The van der Waals surface area contributed by atoms with Gasteiger partial charge in [0, 0.05) is 49.0 Å². The van der Waals surface area contributed by atoms with Crippen molar-refractivity contribution in [2.75, 3.05) is 31.1 Å². The smallest absolute Gasteiger partial charge is 0.179 e. The van der Waals surface area contributed by atoms with Crippen molar-refractivity contribution >= 4 is 5.69 Å². The average molecular weight is 434 g/mol. The quantitative estimate of drug-likeness (QED) is 0.462. The Morgan fingerprint density at radius 2 is 1.91 bits per heavy atom. The molecule has 0 bridgehead atoms. The van der Waals surface area contributed by atoms with Gasteiger partial charge in [-0.05, 0) is 60.5 Å². The number of hydrogen-bond acceptors (Lipinski definition) is 5. The van der Waals surface area contributed by atoms with Gasteiger partial charge in [0.1, 0.15) is 6.33 Å². The van der Waals surface area contributed by atoms with Gasteiger partial charge in [-0.3, -0.25) is 0 Å². The molecule has 3 aliphatic rings. The van der Waals surface area contributed by atoms with E-state index in [1.807, 2.05) is 28.9 Å². The number of hydrogen-bond donors (Lipinski definition) is 1. The minimum Gasteiger partial charge on any atom is -0.370 e. The molecule has 2 aromatic heterocycles. The van der Waals surface area contributed by atoms with Gasteiger partial charge in [0.05, 0.1) is 23.0 Å². The van der Waals surface area contributed by atoms with E-state index in [9.17, 15) is 0 Å². The van der Waals surface area contributed by atoms with Crippen LogP contribution in [-0.2, 0) is 6.54 Å². The van der Waals surface area contributed by atoms with E-state index in [1.165, 1.54) is 17.7 Å². The van der Waals surface area contributed by atoms with Crippen LogP contribution in [0, 0.1) is 16.7 Å². The van der Waals surface area contributed by atoms with Crippen molar-refractivity contribution in [1.82, 2.24) is 24.6 Å². The second-order valence-corrected chi connectivity index (χ2v) is 9.52. The molecule has 0 amide bonds. The van der Waals surface area contributed by atoms with Crippen molar-refractivity contribution in [2.24, 2.45) is 5.41 Å². The molecule has 1 N–H and O–H groups in total. The molecule has 2 aromatic carbocycles. The first-order chi connectivity index (χ1) is 16.2. The normalized spacial score (nSPS) is 17.6. The maximum Gasteiger partial charge on any atom is 0.179 e. The first kappa shape index (κ1) is 18.7. The summed E-state index contributed by atoms with van der Waals surface area (Å²) >= 11 is 0. The molecular weight excluding hydrogens is 410 g/mol. The lowest BCUT2D eigenvalue weighted by atomic mass is 9.79. The largest absolute Gasteiger partial charge is 0.370 e. The van der Waals surface area contributed by atoms with Crippen LogP contribution in [0.5, 0.6) is 0 Å². The zero-order valence-electron chi connectivity index (χ0n) is 18.2. The monoisotopic (exact) mass is 433 g/mol. The van der Waals surface area contributed by atoms with Crippen LogP contribution in [0.2, 0.25) is 0 Å². The van der Waals surface area contributed by atoms with Crippen LogP contribution in [0.1, 0.15) is 17.5 Å². The molecular formula is C26H23N7. The molecule has 0 atom stereocenters. The minimum absolute atomic E-state index is 0.468. The van der Waals surface area contributed by atoms with Crippen molar-refractivity contribution in [3.05, 3.63) is 72.2 Å². The molecule has 2 fully saturated rings.